The van der Waals surface area contributed by atoms with Crippen molar-refractivity contribution in [1.82, 2.24) is 24.4 Å². The molecule has 0 aliphatic rings. The van der Waals surface area contributed by atoms with Gasteiger partial charge in [0, 0.05) is 49.4 Å². The second-order valence-electron chi connectivity index (χ2n) is 6.60. The monoisotopic (exact) mass is 395 g/mol. The van der Waals surface area contributed by atoms with E-state index in [1.165, 1.54) is 4.90 Å². The van der Waals surface area contributed by atoms with Crippen LogP contribution in [-0.4, -0.2) is 51.5 Å². The average Bonchev–Trinajstić information content (AvgIpc) is 2.98. The van der Waals surface area contributed by atoms with Crippen molar-refractivity contribution in [2.45, 2.75) is 0 Å². The molecule has 1 aromatic carbocycles. The van der Waals surface area contributed by atoms with Gasteiger partial charge < -0.3 is 14.2 Å². The molecule has 28 heavy (non-hydrogen) atoms. The molecular weight excluding hydrogens is 378 g/mol. The zero-order valence-electron chi connectivity index (χ0n) is 15.9. The van der Waals surface area contributed by atoms with Gasteiger partial charge in [-0.1, -0.05) is 17.7 Å². The molecule has 0 bridgehead atoms. The van der Waals surface area contributed by atoms with Crippen LogP contribution in [0.25, 0.3) is 33.3 Å². The SMILES string of the molecule is COc1cc(-c2nc(C(=O)N(C)C)c3c4ccc(Cl)cc4n(C)c3n2)ccn1. The number of halogens is 1. The Hall–Kier alpha value is -3.19. The number of aryl methyl sites for hydroxylation is 1. The lowest BCUT2D eigenvalue weighted by Crippen LogP contribution is -2.23. The van der Waals surface area contributed by atoms with Crippen molar-refractivity contribution in [2.75, 3.05) is 21.2 Å². The number of carbonyl (C=O) groups excluding carboxylic acids is 1. The van der Waals surface area contributed by atoms with Crippen LogP contribution in [0.5, 0.6) is 5.88 Å². The van der Waals surface area contributed by atoms with Crippen LogP contribution < -0.4 is 4.74 Å². The molecule has 7 nitrogen and oxygen atoms in total. The average molecular weight is 396 g/mol. The third-order valence-electron chi connectivity index (χ3n) is 4.61. The summed E-state index contributed by atoms with van der Waals surface area (Å²) in [6.07, 6.45) is 1.62. The third kappa shape index (κ3) is 2.84. The molecule has 0 radical (unpaired) electrons. The number of pyridine rings is 1. The van der Waals surface area contributed by atoms with E-state index < -0.39 is 0 Å². The van der Waals surface area contributed by atoms with Crippen LogP contribution in [0.15, 0.2) is 36.5 Å². The summed E-state index contributed by atoms with van der Waals surface area (Å²) in [4.78, 5) is 27.9. The highest BCUT2D eigenvalue weighted by molar-refractivity contribution is 6.31. The molecule has 0 spiro atoms. The zero-order valence-corrected chi connectivity index (χ0v) is 16.7. The standard InChI is InChI=1S/C20H18ClN5O2/c1-25(2)20(27)17-16-13-6-5-12(21)10-14(13)26(3)19(16)24-18(23-17)11-7-8-22-15(9-11)28-4/h5-10H,1-4H3. The number of amides is 1. The molecule has 0 unspecified atom stereocenters. The van der Waals surface area contributed by atoms with E-state index in [0.717, 1.165) is 10.9 Å². The molecule has 3 aromatic heterocycles. The van der Waals surface area contributed by atoms with Gasteiger partial charge in [-0.15, -0.1) is 0 Å². The molecule has 8 heteroatoms. The summed E-state index contributed by atoms with van der Waals surface area (Å²) in [5, 5.41) is 2.20. The van der Waals surface area contributed by atoms with Crippen LogP contribution in [-0.2, 0) is 7.05 Å². The first-order valence-electron chi connectivity index (χ1n) is 8.58. The molecule has 3 heterocycles. The van der Waals surface area contributed by atoms with Gasteiger partial charge in [-0.25, -0.2) is 15.0 Å². The van der Waals surface area contributed by atoms with Gasteiger partial charge in [0.05, 0.1) is 18.0 Å². The Labute approximate surface area is 166 Å². The Morgan fingerprint density at radius 3 is 2.68 bits per heavy atom. The minimum Gasteiger partial charge on any atom is -0.481 e. The fourth-order valence-electron chi connectivity index (χ4n) is 3.20. The summed E-state index contributed by atoms with van der Waals surface area (Å²) in [6.45, 7) is 0. The van der Waals surface area contributed by atoms with Crippen LogP contribution in [0.4, 0.5) is 0 Å². The van der Waals surface area contributed by atoms with E-state index in [1.807, 2.05) is 23.7 Å². The minimum absolute atomic E-state index is 0.197. The van der Waals surface area contributed by atoms with Crippen molar-refractivity contribution >= 4 is 39.4 Å². The Balaban J connectivity index is 2.10. The smallest absolute Gasteiger partial charge is 0.272 e. The van der Waals surface area contributed by atoms with E-state index in [-0.39, 0.29) is 5.91 Å². The molecule has 0 fully saturated rings. The largest absolute Gasteiger partial charge is 0.481 e. The first-order chi connectivity index (χ1) is 13.4. The second-order valence-corrected chi connectivity index (χ2v) is 7.04. The number of rotatable bonds is 3. The fraction of sp³-hybridized carbons (Fsp3) is 0.200. The number of hydrogen-bond acceptors (Lipinski definition) is 5. The maximum absolute atomic E-state index is 12.9. The maximum atomic E-state index is 12.9. The molecular formula is C20H18ClN5O2. The molecule has 4 aromatic rings. The van der Waals surface area contributed by atoms with Gasteiger partial charge in [-0.3, -0.25) is 4.79 Å². The highest BCUT2D eigenvalue weighted by Crippen LogP contribution is 2.33. The third-order valence-corrected chi connectivity index (χ3v) is 4.84. The normalized spacial score (nSPS) is 11.2. The number of nitrogens with zero attached hydrogens (tertiary/aromatic N) is 5. The van der Waals surface area contributed by atoms with Crippen LogP contribution in [0.3, 0.4) is 0 Å². The van der Waals surface area contributed by atoms with E-state index in [1.54, 1.807) is 45.6 Å². The second kappa shape index (κ2) is 6.76. The summed E-state index contributed by atoms with van der Waals surface area (Å²) < 4.78 is 7.13. The van der Waals surface area contributed by atoms with Gasteiger partial charge in [-0.2, -0.15) is 0 Å². The molecule has 1 amide bonds. The summed E-state index contributed by atoms with van der Waals surface area (Å²) >= 11 is 6.19. The lowest BCUT2D eigenvalue weighted by atomic mass is 10.1. The quantitative estimate of drug-likeness (QED) is 0.530. The molecule has 0 aliphatic carbocycles. The number of aromatic nitrogens is 4. The van der Waals surface area contributed by atoms with Crippen molar-refractivity contribution in [1.29, 1.82) is 0 Å². The lowest BCUT2D eigenvalue weighted by molar-refractivity contribution is 0.0824. The van der Waals surface area contributed by atoms with Crippen LogP contribution in [0.1, 0.15) is 10.5 Å². The molecule has 0 saturated heterocycles. The Morgan fingerprint density at radius 1 is 1.18 bits per heavy atom. The highest BCUT2D eigenvalue weighted by Gasteiger charge is 2.23. The van der Waals surface area contributed by atoms with Crippen molar-refractivity contribution in [3.63, 3.8) is 0 Å². The van der Waals surface area contributed by atoms with Gasteiger partial charge in [0.2, 0.25) is 5.88 Å². The predicted octanol–water partition coefficient (Wildman–Crippen LogP) is 3.55. The van der Waals surface area contributed by atoms with Crippen LogP contribution in [0, 0.1) is 0 Å². The summed E-state index contributed by atoms with van der Waals surface area (Å²) in [5.74, 6) is 0.679. The molecule has 4 rings (SSSR count). The number of methoxy groups -OCH3 is 1. The number of ether oxygens (including phenoxy) is 1. The minimum atomic E-state index is -0.197. The summed E-state index contributed by atoms with van der Waals surface area (Å²) in [5.41, 5.74) is 2.59. The highest BCUT2D eigenvalue weighted by atomic mass is 35.5. The van der Waals surface area contributed by atoms with Gasteiger partial charge in [0.15, 0.2) is 5.82 Å². The fourth-order valence-corrected chi connectivity index (χ4v) is 3.37. The van der Waals surface area contributed by atoms with E-state index >= 15 is 0 Å². The zero-order chi connectivity index (χ0) is 20.0. The number of benzene rings is 1. The van der Waals surface area contributed by atoms with Crippen molar-refractivity contribution in [3.05, 3.63) is 47.2 Å². The van der Waals surface area contributed by atoms with Crippen LogP contribution >= 0.6 is 11.6 Å². The van der Waals surface area contributed by atoms with Crippen molar-refractivity contribution < 1.29 is 9.53 Å². The maximum Gasteiger partial charge on any atom is 0.272 e. The molecule has 0 saturated carbocycles. The van der Waals surface area contributed by atoms with Gasteiger partial charge in [0.25, 0.3) is 5.91 Å². The first-order valence-corrected chi connectivity index (χ1v) is 8.96. The van der Waals surface area contributed by atoms with Crippen LogP contribution in [0.2, 0.25) is 5.02 Å². The van der Waals surface area contributed by atoms with Gasteiger partial charge in [0.1, 0.15) is 11.3 Å². The number of fused-ring (bicyclic) bond motifs is 3. The molecule has 142 valence electrons. The number of carbonyl (C=O) groups is 1. The first kappa shape index (κ1) is 18.2. The summed E-state index contributed by atoms with van der Waals surface area (Å²) in [6, 6.07) is 9.08. The van der Waals surface area contributed by atoms with E-state index in [2.05, 4.69) is 9.97 Å². The van der Waals surface area contributed by atoms with E-state index in [4.69, 9.17) is 21.3 Å². The Kier molecular flexibility index (Phi) is 4.39. The summed E-state index contributed by atoms with van der Waals surface area (Å²) in [7, 11) is 6.85. The van der Waals surface area contributed by atoms with Gasteiger partial charge >= 0.3 is 0 Å². The van der Waals surface area contributed by atoms with Crippen molar-refractivity contribution in [3.8, 4) is 17.3 Å². The predicted molar refractivity (Wildman–Crippen MR) is 109 cm³/mol. The topological polar surface area (TPSA) is 73.1 Å². The molecule has 0 N–H and O–H groups in total. The lowest BCUT2D eigenvalue weighted by Gasteiger charge is -2.12. The van der Waals surface area contributed by atoms with E-state index in [9.17, 15) is 4.79 Å². The Morgan fingerprint density at radius 2 is 1.96 bits per heavy atom. The molecule has 0 aliphatic heterocycles. The molecule has 0 atom stereocenters. The van der Waals surface area contributed by atoms with Crippen molar-refractivity contribution in [2.24, 2.45) is 7.05 Å². The van der Waals surface area contributed by atoms with E-state index in [0.29, 0.717) is 39.0 Å². The number of hydrogen-bond donors (Lipinski definition) is 0. The van der Waals surface area contributed by atoms with Gasteiger partial charge in [-0.05, 0) is 18.2 Å². The Bertz CT molecular complexity index is 1230.